The van der Waals surface area contributed by atoms with Gasteiger partial charge in [0.25, 0.3) is 0 Å². The van der Waals surface area contributed by atoms with E-state index in [4.69, 9.17) is 4.74 Å². The molecular formula is C20H27N3O3. The van der Waals surface area contributed by atoms with Gasteiger partial charge in [-0.2, -0.15) is 0 Å². The summed E-state index contributed by atoms with van der Waals surface area (Å²) in [5, 5.41) is 6.08. The number of para-hydroxylation sites is 1. The molecule has 1 unspecified atom stereocenters. The van der Waals surface area contributed by atoms with E-state index in [2.05, 4.69) is 10.6 Å². The molecule has 2 aliphatic heterocycles. The smallest absolute Gasteiger partial charge is 0.321 e. The van der Waals surface area contributed by atoms with Gasteiger partial charge in [-0.25, -0.2) is 4.79 Å². The number of nitrogens with zero attached hydrogens (tertiary/aromatic N) is 1. The van der Waals surface area contributed by atoms with Crippen molar-refractivity contribution in [3.8, 4) is 0 Å². The SMILES string of the molecule is O=C(NCC1CC1)C1CN(C(=O)Nc2ccccc2)CC12CCOCC2. The number of carbonyl (C=O) groups is 2. The van der Waals surface area contributed by atoms with Gasteiger partial charge in [0.15, 0.2) is 0 Å². The Morgan fingerprint density at radius 3 is 2.58 bits per heavy atom. The van der Waals surface area contributed by atoms with Crippen molar-refractivity contribution in [3.05, 3.63) is 30.3 Å². The second kappa shape index (κ2) is 7.27. The van der Waals surface area contributed by atoms with E-state index < -0.39 is 0 Å². The van der Waals surface area contributed by atoms with E-state index in [1.54, 1.807) is 4.90 Å². The highest BCUT2D eigenvalue weighted by atomic mass is 16.5. The van der Waals surface area contributed by atoms with Gasteiger partial charge in [-0.1, -0.05) is 18.2 Å². The van der Waals surface area contributed by atoms with Crippen molar-refractivity contribution in [1.82, 2.24) is 10.2 Å². The number of benzene rings is 1. The first-order valence-corrected chi connectivity index (χ1v) is 9.63. The normalized spacial score (nSPS) is 24.5. The summed E-state index contributed by atoms with van der Waals surface area (Å²) < 4.78 is 5.53. The topological polar surface area (TPSA) is 70.7 Å². The molecule has 6 heteroatoms. The monoisotopic (exact) mass is 357 g/mol. The maximum Gasteiger partial charge on any atom is 0.321 e. The summed E-state index contributed by atoms with van der Waals surface area (Å²) in [6.07, 6.45) is 4.11. The molecule has 2 saturated heterocycles. The van der Waals surface area contributed by atoms with Gasteiger partial charge in [-0.05, 0) is 43.7 Å². The van der Waals surface area contributed by atoms with Gasteiger partial charge in [0.2, 0.25) is 5.91 Å². The third-order valence-electron chi connectivity index (χ3n) is 6.03. The number of likely N-dealkylation sites (tertiary alicyclic amines) is 1. The third-order valence-corrected chi connectivity index (χ3v) is 6.03. The molecule has 26 heavy (non-hydrogen) atoms. The lowest BCUT2D eigenvalue weighted by molar-refractivity contribution is -0.129. The molecule has 2 heterocycles. The molecule has 2 N–H and O–H groups in total. The Bertz CT molecular complexity index is 654. The highest BCUT2D eigenvalue weighted by Gasteiger charge is 2.51. The molecule has 1 aromatic rings. The maximum absolute atomic E-state index is 12.9. The van der Waals surface area contributed by atoms with Crippen molar-refractivity contribution >= 4 is 17.6 Å². The van der Waals surface area contributed by atoms with E-state index in [0.29, 0.717) is 32.2 Å². The first-order chi connectivity index (χ1) is 12.7. The van der Waals surface area contributed by atoms with Crippen LogP contribution >= 0.6 is 0 Å². The van der Waals surface area contributed by atoms with Crippen LogP contribution in [0.4, 0.5) is 10.5 Å². The fraction of sp³-hybridized carbons (Fsp3) is 0.600. The van der Waals surface area contributed by atoms with E-state index in [-0.39, 0.29) is 23.3 Å². The molecule has 1 spiro atoms. The van der Waals surface area contributed by atoms with Gasteiger partial charge in [0.1, 0.15) is 0 Å². The lowest BCUT2D eigenvalue weighted by atomic mass is 9.72. The van der Waals surface area contributed by atoms with Gasteiger partial charge in [-0.3, -0.25) is 4.79 Å². The van der Waals surface area contributed by atoms with E-state index in [9.17, 15) is 9.59 Å². The minimum Gasteiger partial charge on any atom is -0.381 e. The zero-order valence-electron chi connectivity index (χ0n) is 15.1. The van der Waals surface area contributed by atoms with Crippen molar-refractivity contribution in [2.75, 3.05) is 38.2 Å². The average molecular weight is 357 g/mol. The molecule has 3 aliphatic rings. The molecule has 1 aliphatic carbocycles. The van der Waals surface area contributed by atoms with Crippen LogP contribution in [0, 0.1) is 17.3 Å². The minimum absolute atomic E-state index is 0.105. The van der Waals surface area contributed by atoms with Gasteiger partial charge in [0, 0.05) is 44.0 Å². The Morgan fingerprint density at radius 1 is 1.15 bits per heavy atom. The molecule has 4 rings (SSSR count). The van der Waals surface area contributed by atoms with E-state index in [1.807, 2.05) is 30.3 Å². The molecule has 1 aromatic carbocycles. The van der Waals surface area contributed by atoms with Crippen molar-refractivity contribution in [3.63, 3.8) is 0 Å². The van der Waals surface area contributed by atoms with Crippen LogP contribution in [-0.2, 0) is 9.53 Å². The van der Waals surface area contributed by atoms with Gasteiger partial charge < -0.3 is 20.3 Å². The first kappa shape index (κ1) is 17.3. The van der Waals surface area contributed by atoms with Crippen LogP contribution < -0.4 is 10.6 Å². The third kappa shape index (κ3) is 3.70. The van der Waals surface area contributed by atoms with Crippen molar-refractivity contribution in [2.45, 2.75) is 25.7 Å². The number of amides is 3. The lowest BCUT2D eigenvalue weighted by Gasteiger charge is -2.37. The molecule has 0 radical (unpaired) electrons. The Hall–Kier alpha value is -2.08. The van der Waals surface area contributed by atoms with Crippen LogP contribution in [0.15, 0.2) is 30.3 Å². The van der Waals surface area contributed by atoms with Gasteiger partial charge in [0.05, 0.1) is 5.92 Å². The van der Waals surface area contributed by atoms with Crippen LogP contribution in [0.5, 0.6) is 0 Å². The van der Waals surface area contributed by atoms with Crippen LogP contribution in [-0.4, -0.2) is 49.7 Å². The molecule has 0 aromatic heterocycles. The van der Waals surface area contributed by atoms with E-state index >= 15 is 0 Å². The van der Waals surface area contributed by atoms with E-state index in [0.717, 1.165) is 25.1 Å². The molecular weight excluding hydrogens is 330 g/mol. The molecule has 1 saturated carbocycles. The highest BCUT2D eigenvalue weighted by Crippen LogP contribution is 2.44. The average Bonchev–Trinajstić information content (AvgIpc) is 3.42. The largest absolute Gasteiger partial charge is 0.381 e. The summed E-state index contributed by atoms with van der Waals surface area (Å²) in [5.74, 6) is 0.615. The Kier molecular flexibility index (Phi) is 4.85. The van der Waals surface area contributed by atoms with Crippen molar-refractivity contribution in [1.29, 1.82) is 0 Å². The van der Waals surface area contributed by atoms with Gasteiger partial charge >= 0.3 is 6.03 Å². The first-order valence-electron chi connectivity index (χ1n) is 9.63. The summed E-state index contributed by atoms with van der Waals surface area (Å²) >= 11 is 0. The van der Waals surface area contributed by atoms with Crippen molar-refractivity contribution in [2.24, 2.45) is 17.3 Å². The fourth-order valence-corrected chi connectivity index (χ4v) is 4.18. The minimum atomic E-state index is -0.153. The standard InChI is InChI=1S/C20H27N3O3/c24-18(21-12-15-6-7-15)17-13-23(14-20(17)8-10-26-11-9-20)19(25)22-16-4-2-1-3-5-16/h1-5,15,17H,6-14H2,(H,21,24)(H,22,25). The Labute approximate surface area is 154 Å². The summed E-state index contributed by atoms with van der Waals surface area (Å²) in [5.41, 5.74) is 0.625. The van der Waals surface area contributed by atoms with E-state index in [1.165, 1.54) is 12.8 Å². The highest BCUT2D eigenvalue weighted by molar-refractivity contribution is 5.90. The Balaban J connectivity index is 1.45. The molecule has 3 amide bonds. The molecule has 140 valence electrons. The quantitative estimate of drug-likeness (QED) is 0.870. The zero-order chi connectivity index (χ0) is 18.0. The molecule has 1 atom stereocenters. The van der Waals surface area contributed by atoms with Gasteiger partial charge in [-0.15, -0.1) is 0 Å². The van der Waals surface area contributed by atoms with Crippen LogP contribution in [0.3, 0.4) is 0 Å². The summed E-state index contributed by atoms with van der Waals surface area (Å²) in [6.45, 7) is 3.21. The maximum atomic E-state index is 12.9. The van der Waals surface area contributed by atoms with Crippen LogP contribution in [0.25, 0.3) is 0 Å². The van der Waals surface area contributed by atoms with Crippen LogP contribution in [0.2, 0.25) is 0 Å². The van der Waals surface area contributed by atoms with Crippen molar-refractivity contribution < 1.29 is 14.3 Å². The predicted molar refractivity (Wildman–Crippen MR) is 98.7 cm³/mol. The second-order valence-electron chi connectivity index (χ2n) is 7.89. The number of rotatable bonds is 4. The Morgan fingerprint density at radius 2 is 1.88 bits per heavy atom. The molecule has 6 nitrogen and oxygen atoms in total. The summed E-state index contributed by atoms with van der Waals surface area (Å²) in [7, 11) is 0. The number of nitrogens with one attached hydrogen (secondary N) is 2. The predicted octanol–water partition coefficient (Wildman–Crippen LogP) is 2.47. The number of anilines is 1. The number of urea groups is 1. The fourth-order valence-electron chi connectivity index (χ4n) is 4.18. The number of carbonyl (C=O) groups excluding carboxylic acids is 2. The zero-order valence-corrected chi connectivity index (χ0v) is 15.1. The lowest BCUT2D eigenvalue weighted by Crippen LogP contribution is -2.44. The summed E-state index contributed by atoms with van der Waals surface area (Å²) in [4.78, 5) is 27.4. The second-order valence-corrected chi connectivity index (χ2v) is 7.89. The summed E-state index contributed by atoms with van der Waals surface area (Å²) in [6, 6.07) is 9.33. The molecule has 3 fully saturated rings. The number of hydrogen-bond donors (Lipinski definition) is 2. The number of ether oxygens (including phenoxy) is 1. The van der Waals surface area contributed by atoms with Crippen LogP contribution in [0.1, 0.15) is 25.7 Å². The number of hydrogen-bond acceptors (Lipinski definition) is 3. The molecule has 0 bridgehead atoms.